The van der Waals surface area contributed by atoms with Crippen LogP contribution in [0.15, 0.2) is 30.3 Å². The van der Waals surface area contributed by atoms with Gasteiger partial charge in [-0.05, 0) is 51.5 Å². The third-order valence-corrected chi connectivity index (χ3v) is 5.60. The number of carbonyl (C=O) groups is 4. The summed E-state index contributed by atoms with van der Waals surface area (Å²) in [4.78, 5) is 53.0. The van der Waals surface area contributed by atoms with E-state index in [9.17, 15) is 19.2 Å². The SMILES string of the molecule is COC(=O)CNC(=O)C(c1ccccc1)N(C(=O)C(NC(=O)OC(C)(C)C)C(C)C)C1CCC1. The fraction of sp³-hybridized carbons (Fsp3) is 0.600. The lowest BCUT2D eigenvalue weighted by Crippen LogP contribution is -2.59. The van der Waals surface area contributed by atoms with E-state index >= 15 is 0 Å². The summed E-state index contributed by atoms with van der Waals surface area (Å²) in [6, 6.07) is 6.92. The number of methoxy groups -OCH3 is 1. The third-order valence-electron chi connectivity index (χ3n) is 5.60. The van der Waals surface area contributed by atoms with Gasteiger partial charge in [-0.1, -0.05) is 44.2 Å². The molecule has 2 atom stereocenters. The fourth-order valence-corrected chi connectivity index (χ4v) is 3.69. The van der Waals surface area contributed by atoms with Crippen LogP contribution in [0.5, 0.6) is 0 Å². The number of hydrogen-bond donors (Lipinski definition) is 2. The fourth-order valence-electron chi connectivity index (χ4n) is 3.69. The van der Waals surface area contributed by atoms with E-state index in [0.717, 1.165) is 19.3 Å². The monoisotopic (exact) mass is 475 g/mol. The lowest BCUT2D eigenvalue weighted by molar-refractivity contribution is -0.149. The summed E-state index contributed by atoms with van der Waals surface area (Å²) in [5.74, 6) is -1.70. The molecule has 0 spiro atoms. The zero-order valence-electron chi connectivity index (χ0n) is 20.9. The van der Waals surface area contributed by atoms with Gasteiger partial charge in [-0.3, -0.25) is 14.4 Å². The minimum absolute atomic E-state index is 0.164. The molecule has 1 fully saturated rings. The van der Waals surface area contributed by atoms with Crippen LogP contribution in [0.3, 0.4) is 0 Å². The van der Waals surface area contributed by atoms with Crippen LogP contribution in [-0.4, -0.2) is 60.1 Å². The molecule has 2 rings (SSSR count). The van der Waals surface area contributed by atoms with Gasteiger partial charge in [0.05, 0.1) is 7.11 Å². The van der Waals surface area contributed by atoms with Gasteiger partial charge in [0, 0.05) is 6.04 Å². The molecule has 34 heavy (non-hydrogen) atoms. The summed E-state index contributed by atoms with van der Waals surface area (Å²) in [5, 5.41) is 5.29. The Hall–Kier alpha value is -3.10. The zero-order valence-corrected chi connectivity index (χ0v) is 20.9. The maximum absolute atomic E-state index is 13.9. The molecule has 0 bridgehead atoms. The van der Waals surface area contributed by atoms with Gasteiger partial charge in [0.25, 0.3) is 0 Å². The average molecular weight is 476 g/mol. The molecule has 9 nitrogen and oxygen atoms in total. The van der Waals surface area contributed by atoms with Crippen molar-refractivity contribution in [2.75, 3.05) is 13.7 Å². The topological polar surface area (TPSA) is 114 Å². The first kappa shape index (κ1) is 27.1. The molecule has 1 aliphatic rings. The maximum Gasteiger partial charge on any atom is 0.408 e. The second-order valence-electron chi connectivity index (χ2n) is 9.81. The molecule has 0 heterocycles. The van der Waals surface area contributed by atoms with Crippen LogP contribution < -0.4 is 10.6 Å². The van der Waals surface area contributed by atoms with E-state index in [0.29, 0.717) is 5.56 Å². The number of alkyl carbamates (subject to hydrolysis) is 1. The van der Waals surface area contributed by atoms with Crippen molar-refractivity contribution in [2.24, 2.45) is 5.92 Å². The Balaban J connectivity index is 2.41. The molecule has 1 aromatic carbocycles. The lowest BCUT2D eigenvalue weighted by Gasteiger charge is -2.44. The summed E-state index contributed by atoms with van der Waals surface area (Å²) in [5.41, 5.74) is -0.104. The number of nitrogens with zero attached hydrogens (tertiary/aromatic N) is 1. The van der Waals surface area contributed by atoms with Crippen molar-refractivity contribution in [3.8, 4) is 0 Å². The lowest BCUT2D eigenvalue weighted by atomic mass is 9.87. The van der Waals surface area contributed by atoms with E-state index in [-0.39, 0.29) is 24.4 Å². The Bertz CT molecular complexity index is 861. The smallest absolute Gasteiger partial charge is 0.408 e. The quantitative estimate of drug-likeness (QED) is 0.531. The standard InChI is InChI=1S/C25H37N3O6/c1-16(2)20(27-24(32)34-25(3,4)5)23(31)28(18-13-10-14-18)21(17-11-8-7-9-12-17)22(30)26-15-19(29)33-6/h7-9,11-12,16,18,20-21H,10,13-15H2,1-6H3,(H,26,30)(H,27,32). The molecular formula is C25H37N3O6. The first-order valence-electron chi connectivity index (χ1n) is 11.7. The summed E-state index contributed by atoms with van der Waals surface area (Å²) >= 11 is 0. The van der Waals surface area contributed by atoms with E-state index < -0.39 is 35.7 Å². The average Bonchev–Trinajstić information content (AvgIpc) is 2.72. The maximum atomic E-state index is 13.9. The van der Waals surface area contributed by atoms with Crippen LogP contribution in [0.25, 0.3) is 0 Å². The molecule has 2 unspecified atom stereocenters. The second kappa shape index (κ2) is 11.9. The highest BCUT2D eigenvalue weighted by Crippen LogP contribution is 2.34. The van der Waals surface area contributed by atoms with Crippen LogP contribution in [0, 0.1) is 5.92 Å². The molecule has 1 aromatic rings. The number of benzene rings is 1. The van der Waals surface area contributed by atoms with Gasteiger partial charge in [0.15, 0.2) is 0 Å². The highest BCUT2D eigenvalue weighted by Gasteiger charge is 2.42. The van der Waals surface area contributed by atoms with E-state index in [1.54, 1.807) is 49.9 Å². The molecule has 3 amide bonds. The highest BCUT2D eigenvalue weighted by molar-refractivity contribution is 5.93. The van der Waals surface area contributed by atoms with E-state index in [2.05, 4.69) is 15.4 Å². The Morgan fingerprint density at radius 1 is 1.09 bits per heavy atom. The van der Waals surface area contributed by atoms with Crippen LogP contribution >= 0.6 is 0 Å². The Morgan fingerprint density at radius 3 is 2.18 bits per heavy atom. The summed E-state index contributed by atoms with van der Waals surface area (Å²) in [6.07, 6.45) is 1.73. The van der Waals surface area contributed by atoms with Crippen LogP contribution in [0.2, 0.25) is 0 Å². The number of esters is 1. The molecule has 1 aliphatic carbocycles. The molecule has 0 radical (unpaired) electrons. The van der Waals surface area contributed by atoms with Crippen molar-refractivity contribution >= 4 is 23.9 Å². The first-order chi connectivity index (χ1) is 15.9. The number of amides is 3. The summed E-state index contributed by atoms with van der Waals surface area (Å²) < 4.78 is 10.00. The van der Waals surface area contributed by atoms with Crippen LogP contribution in [-0.2, 0) is 23.9 Å². The number of nitrogens with one attached hydrogen (secondary N) is 2. The number of rotatable bonds is 9. The predicted octanol–water partition coefficient (Wildman–Crippen LogP) is 2.95. The van der Waals surface area contributed by atoms with Gasteiger partial charge in [0.1, 0.15) is 24.2 Å². The number of carbonyl (C=O) groups excluding carboxylic acids is 4. The van der Waals surface area contributed by atoms with Crippen LogP contribution in [0.1, 0.15) is 65.5 Å². The molecule has 188 valence electrons. The van der Waals surface area contributed by atoms with Crippen molar-refractivity contribution in [1.29, 1.82) is 0 Å². The van der Waals surface area contributed by atoms with E-state index in [1.807, 2.05) is 19.9 Å². The molecule has 2 N–H and O–H groups in total. The Labute approximate surface area is 201 Å². The van der Waals surface area contributed by atoms with Crippen molar-refractivity contribution in [2.45, 2.75) is 77.6 Å². The largest absolute Gasteiger partial charge is 0.468 e. The van der Waals surface area contributed by atoms with Gasteiger partial charge in [-0.25, -0.2) is 4.79 Å². The summed E-state index contributed by atoms with van der Waals surface area (Å²) in [7, 11) is 1.24. The van der Waals surface area contributed by atoms with E-state index in [4.69, 9.17) is 4.74 Å². The highest BCUT2D eigenvalue weighted by atomic mass is 16.6. The number of ether oxygens (including phenoxy) is 2. The molecule has 1 saturated carbocycles. The normalized spacial score (nSPS) is 15.5. The van der Waals surface area contributed by atoms with Crippen molar-refractivity contribution in [1.82, 2.24) is 15.5 Å². The van der Waals surface area contributed by atoms with Gasteiger partial charge in [-0.15, -0.1) is 0 Å². The predicted molar refractivity (Wildman–Crippen MR) is 127 cm³/mol. The van der Waals surface area contributed by atoms with E-state index in [1.165, 1.54) is 7.11 Å². The zero-order chi connectivity index (χ0) is 25.5. The molecular weight excluding hydrogens is 438 g/mol. The Kier molecular flexibility index (Phi) is 9.46. The van der Waals surface area contributed by atoms with Gasteiger partial charge in [-0.2, -0.15) is 0 Å². The molecule has 0 aromatic heterocycles. The summed E-state index contributed by atoms with van der Waals surface area (Å²) in [6.45, 7) is 8.58. The van der Waals surface area contributed by atoms with Gasteiger partial charge >= 0.3 is 12.1 Å². The number of hydrogen-bond acceptors (Lipinski definition) is 6. The molecule has 0 saturated heterocycles. The van der Waals surface area contributed by atoms with Gasteiger partial charge in [0.2, 0.25) is 11.8 Å². The minimum atomic E-state index is -0.967. The minimum Gasteiger partial charge on any atom is -0.468 e. The third kappa shape index (κ3) is 7.46. The van der Waals surface area contributed by atoms with Crippen molar-refractivity contribution < 1.29 is 28.7 Å². The van der Waals surface area contributed by atoms with Crippen LogP contribution in [0.4, 0.5) is 4.79 Å². The first-order valence-corrected chi connectivity index (χ1v) is 11.7. The second-order valence-corrected chi connectivity index (χ2v) is 9.81. The van der Waals surface area contributed by atoms with Gasteiger partial charge < -0.3 is 25.0 Å². The van der Waals surface area contributed by atoms with Crippen molar-refractivity contribution in [3.63, 3.8) is 0 Å². The molecule has 0 aliphatic heterocycles. The Morgan fingerprint density at radius 2 is 1.71 bits per heavy atom. The molecule has 9 heteroatoms. The van der Waals surface area contributed by atoms with Crippen molar-refractivity contribution in [3.05, 3.63) is 35.9 Å².